The number of methoxy groups -OCH3 is 1. The number of hydrogen-bond acceptors (Lipinski definition) is 3. The zero-order valence-corrected chi connectivity index (χ0v) is 13.9. The van der Waals surface area contributed by atoms with Crippen LogP contribution < -0.4 is 15.4 Å². The van der Waals surface area contributed by atoms with Gasteiger partial charge in [0.05, 0.1) is 7.11 Å². The second-order valence-electron chi connectivity index (χ2n) is 5.87. The van der Waals surface area contributed by atoms with Crippen molar-refractivity contribution in [1.29, 1.82) is 0 Å². The predicted molar refractivity (Wildman–Crippen MR) is 94.5 cm³/mol. The lowest BCUT2D eigenvalue weighted by Gasteiger charge is -2.10. The Morgan fingerprint density at radius 2 is 1.83 bits per heavy atom. The number of rotatable bonds is 7. The first-order valence-electron chi connectivity index (χ1n) is 7.88. The summed E-state index contributed by atoms with van der Waals surface area (Å²) in [6.07, 6.45) is 0.987. The molecule has 1 amide bonds. The summed E-state index contributed by atoms with van der Waals surface area (Å²) in [5, 5.41) is 6.23. The van der Waals surface area contributed by atoms with E-state index < -0.39 is 0 Å². The Morgan fingerprint density at radius 3 is 2.48 bits per heavy atom. The molecule has 0 saturated carbocycles. The molecule has 0 bridgehead atoms. The van der Waals surface area contributed by atoms with Crippen molar-refractivity contribution in [3.05, 3.63) is 54.1 Å². The lowest BCUT2D eigenvalue weighted by Crippen LogP contribution is -2.25. The molecule has 0 aliphatic carbocycles. The van der Waals surface area contributed by atoms with E-state index >= 15 is 0 Å². The molecule has 0 radical (unpaired) electrons. The Hall–Kier alpha value is -2.49. The molecule has 0 aliphatic rings. The zero-order valence-electron chi connectivity index (χ0n) is 13.9. The number of nitrogens with one attached hydrogen (secondary N) is 2. The third-order valence-corrected chi connectivity index (χ3v) is 3.51. The summed E-state index contributed by atoms with van der Waals surface area (Å²) in [6.45, 7) is 5.00. The topological polar surface area (TPSA) is 50.4 Å². The summed E-state index contributed by atoms with van der Waals surface area (Å²) < 4.78 is 5.20. The van der Waals surface area contributed by atoms with E-state index in [9.17, 15) is 4.79 Å². The number of benzene rings is 2. The molecular formula is C19H24N2O2. The van der Waals surface area contributed by atoms with Gasteiger partial charge in [0, 0.05) is 29.5 Å². The monoisotopic (exact) mass is 312 g/mol. The standard InChI is InChI=1S/C19H24N2O2/c1-14(2)11-12-20-19(22)15-7-9-16(10-8-15)21-17-5-4-6-18(13-17)23-3/h4-10,13-14,21H,11-12H2,1-3H3,(H,20,22). The van der Waals surface area contributed by atoms with Gasteiger partial charge in [0.15, 0.2) is 0 Å². The van der Waals surface area contributed by atoms with Crippen LogP contribution >= 0.6 is 0 Å². The average molecular weight is 312 g/mol. The van der Waals surface area contributed by atoms with Gasteiger partial charge in [-0.1, -0.05) is 19.9 Å². The predicted octanol–water partition coefficient (Wildman–Crippen LogP) is 4.21. The number of carbonyl (C=O) groups is 1. The summed E-state index contributed by atoms with van der Waals surface area (Å²) in [5.74, 6) is 1.36. The van der Waals surface area contributed by atoms with E-state index in [1.807, 2.05) is 48.5 Å². The van der Waals surface area contributed by atoms with E-state index in [0.717, 1.165) is 23.5 Å². The highest BCUT2D eigenvalue weighted by Crippen LogP contribution is 2.21. The minimum absolute atomic E-state index is 0.0291. The molecule has 23 heavy (non-hydrogen) atoms. The van der Waals surface area contributed by atoms with Crippen molar-refractivity contribution >= 4 is 17.3 Å². The van der Waals surface area contributed by atoms with Crippen LogP contribution in [-0.2, 0) is 0 Å². The molecule has 2 aromatic rings. The number of carbonyl (C=O) groups excluding carboxylic acids is 1. The van der Waals surface area contributed by atoms with Crippen molar-refractivity contribution in [2.24, 2.45) is 5.92 Å². The molecule has 0 aromatic heterocycles. The molecular weight excluding hydrogens is 288 g/mol. The van der Waals surface area contributed by atoms with Crippen LogP contribution in [0.25, 0.3) is 0 Å². The maximum absolute atomic E-state index is 12.0. The maximum Gasteiger partial charge on any atom is 0.251 e. The second-order valence-corrected chi connectivity index (χ2v) is 5.87. The molecule has 2 rings (SSSR count). The van der Waals surface area contributed by atoms with Gasteiger partial charge >= 0.3 is 0 Å². The minimum Gasteiger partial charge on any atom is -0.497 e. The minimum atomic E-state index is -0.0291. The van der Waals surface area contributed by atoms with E-state index in [0.29, 0.717) is 18.0 Å². The van der Waals surface area contributed by atoms with E-state index in [1.54, 1.807) is 7.11 Å². The van der Waals surface area contributed by atoms with Crippen molar-refractivity contribution in [3.8, 4) is 5.75 Å². The van der Waals surface area contributed by atoms with Gasteiger partial charge in [-0.05, 0) is 48.7 Å². The van der Waals surface area contributed by atoms with Gasteiger partial charge in [-0.15, -0.1) is 0 Å². The first kappa shape index (κ1) is 16.9. The van der Waals surface area contributed by atoms with Gasteiger partial charge in [-0.2, -0.15) is 0 Å². The summed E-state index contributed by atoms with van der Waals surface area (Å²) in [4.78, 5) is 12.0. The van der Waals surface area contributed by atoms with Crippen molar-refractivity contribution in [2.45, 2.75) is 20.3 Å². The summed E-state index contributed by atoms with van der Waals surface area (Å²) in [5.41, 5.74) is 2.54. The molecule has 0 heterocycles. The van der Waals surface area contributed by atoms with Crippen LogP contribution in [0.3, 0.4) is 0 Å². The van der Waals surface area contributed by atoms with Crippen LogP contribution in [0.5, 0.6) is 5.75 Å². The SMILES string of the molecule is COc1cccc(Nc2ccc(C(=O)NCCC(C)C)cc2)c1. The lowest BCUT2D eigenvalue weighted by molar-refractivity contribution is 0.0952. The molecule has 122 valence electrons. The normalized spacial score (nSPS) is 10.4. The van der Waals surface area contributed by atoms with E-state index in [4.69, 9.17) is 4.74 Å². The molecule has 4 heteroatoms. The Balaban J connectivity index is 1.94. The Bertz CT molecular complexity index is 636. The quantitative estimate of drug-likeness (QED) is 0.805. The third kappa shape index (κ3) is 5.33. The van der Waals surface area contributed by atoms with Crippen LogP contribution in [-0.4, -0.2) is 19.6 Å². The lowest BCUT2D eigenvalue weighted by atomic mass is 10.1. The summed E-state index contributed by atoms with van der Waals surface area (Å²) >= 11 is 0. The van der Waals surface area contributed by atoms with Crippen molar-refractivity contribution < 1.29 is 9.53 Å². The van der Waals surface area contributed by atoms with Crippen LogP contribution in [0, 0.1) is 5.92 Å². The van der Waals surface area contributed by atoms with Crippen LogP contribution in [0.4, 0.5) is 11.4 Å². The molecule has 4 nitrogen and oxygen atoms in total. The Labute approximate surface area is 137 Å². The van der Waals surface area contributed by atoms with Gasteiger partial charge in [-0.3, -0.25) is 4.79 Å². The molecule has 0 atom stereocenters. The molecule has 2 N–H and O–H groups in total. The first-order valence-corrected chi connectivity index (χ1v) is 7.88. The summed E-state index contributed by atoms with van der Waals surface area (Å²) in [6, 6.07) is 15.2. The highest BCUT2D eigenvalue weighted by atomic mass is 16.5. The second kappa shape index (κ2) is 8.22. The van der Waals surface area contributed by atoms with Crippen LogP contribution in [0.2, 0.25) is 0 Å². The van der Waals surface area contributed by atoms with E-state index in [-0.39, 0.29) is 5.91 Å². The van der Waals surface area contributed by atoms with E-state index in [1.165, 1.54) is 0 Å². The largest absolute Gasteiger partial charge is 0.497 e. The smallest absolute Gasteiger partial charge is 0.251 e. The van der Waals surface area contributed by atoms with Gasteiger partial charge in [0.2, 0.25) is 0 Å². The van der Waals surface area contributed by atoms with Crippen LogP contribution in [0.1, 0.15) is 30.6 Å². The average Bonchev–Trinajstić information content (AvgIpc) is 2.55. The Morgan fingerprint density at radius 1 is 1.09 bits per heavy atom. The van der Waals surface area contributed by atoms with Gasteiger partial charge in [-0.25, -0.2) is 0 Å². The third-order valence-electron chi connectivity index (χ3n) is 3.51. The summed E-state index contributed by atoms with van der Waals surface area (Å²) in [7, 11) is 1.64. The molecule has 0 spiro atoms. The number of anilines is 2. The molecule has 0 unspecified atom stereocenters. The number of hydrogen-bond donors (Lipinski definition) is 2. The Kier molecular flexibility index (Phi) is 6.03. The zero-order chi connectivity index (χ0) is 16.7. The number of amides is 1. The highest BCUT2D eigenvalue weighted by Gasteiger charge is 2.05. The fourth-order valence-electron chi connectivity index (χ4n) is 2.15. The molecule has 2 aromatic carbocycles. The van der Waals surface area contributed by atoms with Gasteiger partial charge in [0.1, 0.15) is 5.75 Å². The molecule has 0 saturated heterocycles. The van der Waals surface area contributed by atoms with Crippen LogP contribution in [0.15, 0.2) is 48.5 Å². The fourth-order valence-corrected chi connectivity index (χ4v) is 2.15. The van der Waals surface area contributed by atoms with Crippen molar-refractivity contribution in [2.75, 3.05) is 19.0 Å². The highest BCUT2D eigenvalue weighted by molar-refractivity contribution is 5.94. The van der Waals surface area contributed by atoms with Gasteiger partial charge in [0.25, 0.3) is 5.91 Å². The van der Waals surface area contributed by atoms with E-state index in [2.05, 4.69) is 24.5 Å². The molecule has 0 fully saturated rings. The fraction of sp³-hybridized carbons (Fsp3) is 0.316. The van der Waals surface area contributed by atoms with Crippen molar-refractivity contribution in [3.63, 3.8) is 0 Å². The molecule has 0 aliphatic heterocycles. The first-order chi connectivity index (χ1) is 11.1. The maximum atomic E-state index is 12.0. The van der Waals surface area contributed by atoms with Gasteiger partial charge < -0.3 is 15.4 Å². The number of ether oxygens (including phenoxy) is 1. The van der Waals surface area contributed by atoms with Crippen molar-refractivity contribution in [1.82, 2.24) is 5.32 Å².